The molecule has 1 aromatic rings. The van der Waals surface area contributed by atoms with Crippen LogP contribution in [-0.2, 0) is 16.0 Å². The molecule has 2 unspecified atom stereocenters. The van der Waals surface area contributed by atoms with E-state index < -0.39 is 0 Å². The van der Waals surface area contributed by atoms with Gasteiger partial charge in [0.05, 0.1) is 6.10 Å². The number of hydrogen-bond acceptors (Lipinski definition) is 2. The lowest BCUT2D eigenvalue weighted by Crippen LogP contribution is -2.25. The second-order valence-corrected chi connectivity index (χ2v) is 5.36. The molecule has 1 fully saturated rings. The summed E-state index contributed by atoms with van der Waals surface area (Å²) < 4.78 is 5.57. The minimum absolute atomic E-state index is 0.0485. The van der Waals surface area contributed by atoms with E-state index in [1.54, 1.807) is 0 Å². The first kappa shape index (κ1) is 13.6. The smallest absolute Gasteiger partial charge is 0.143 e. The number of rotatable bonds is 4. The third-order valence-electron chi connectivity index (χ3n) is 3.60. The average molecular weight is 267 g/mol. The number of hydrogen-bond donors (Lipinski definition) is 0. The van der Waals surface area contributed by atoms with E-state index in [0.29, 0.717) is 18.1 Å². The zero-order valence-corrected chi connectivity index (χ0v) is 11.7. The molecule has 2 nitrogen and oxygen atoms in total. The van der Waals surface area contributed by atoms with Crippen molar-refractivity contribution in [3.8, 4) is 0 Å². The zero-order valence-electron chi connectivity index (χ0n) is 10.9. The second-order valence-electron chi connectivity index (χ2n) is 4.95. The van der Waals surface area contributed by atoms with Gasteiger partial charge >= 0.3 is 0 Å². The fourth-order valence-corrected chi connectivity index (χ4v) is 2.84. The number of carbonyl (C=O) groups excluding carboxylic acids is 1. The topological polar surface area (TPSA) is 26.3 Å². The van der Waals surface area contributed by atoms with Gasteiger partial charge < -0.3 is 4.74 Å². The van der Waals surface area contributed by atoms with Gasteiger partial charge in [-0.25, -0.2) is 0 Å². The molecular formula is C15H19ClO2. The Morgan fingerprint density at radius 2 is 2.28 bits per heavy atom. The van der Waals surface area contributed by atoms with Crippen molar-refractivity contribution in [3.05, 3.63) is 34.3 Å². The number of benzene rings is 1. The summed E-state index contributed by atoms with van der Waals surface area (Å²) in [5.74, 6) is 0.303. The number of ketones is 1. The van der Waals surface area contributed by atoms with Crippen LogP contribution in [0, 0.1) is 12.8 Å². The number of halogens is 1. The number of carbonyl (C=O) groups is 1. The number of aryl methyl sites for hydroxylation is 1. The molecule has 1 aliphatic rings. The lowest BCUT2D eigenvalue weighted by Gasteiger charge is -2.16. The minimum Gasteiger partial charge on any atom is -0.377 e. The largest absolute Gasteiger partial charge is 0.377 e. The standard InChI is InChI=1S/C15H19ClO2/c1-3-15-12(6-7-18-15)14(17)9-11-5-4-10(2)8-13(11)16/h4-5,8,12,15H,3,6-7,9H2,1-2H3. The fourth-order valence-electron chi connectivity index (χ4n) is 2.53. The maximum Gasteiger partial charge on any atom is 0.143 e. The van der Waals surface area contributed by atoms with Crippen molar-refractivity contribution >= 4 is 17.4 Å². The summed E-state index contributed by atoms with van der Waals surface area (Å²) in [7, 11) is 0. The van der Waals surface area contributed by atoms with Crippen molar-refractivity contribution in [1.82, 2.24) is 0 Å². The van der Waals surface area contributed by atoms with E-state index in [4.69, 9.17) is 16.3 Å². The predicted octanol–water partition coefficient (Wildman–Crippen LogP) is 3.58. The normalized spacial score (nSPS) is 23.3. The second kappa shape index (κ2) is 5.85. The first-order chi connectivity index (χ1) is 8.61. The van der Waals surface area contributed by atoms with Crippen LogP contribution in [0.4, 0.5) is 0 Å². The van der Waals surface area contributed by atoms with Gasteiger partial charge in [-0.15, -0.1) is 0 Å². The van der Waals surface area contributed by atoms with Crippen LogP contribution in [0.3, 0.4) is 0 Å². The molecule has 2 rings (SSSR count). The van der Waals surface area contributed by atoms with Gasteiger partial charge in [-0.1, -0.05) is 30.7 Å². The van der Waals surface area contributed by atoms with Crippen molar-refractivity contribution in [3.63, 3.8) is 0 Å². The van der Waals surface area contributed by atoms with Gasteiger partial charge in [0.25, 0.3) is 0 Å². The summed E-state index contributed by atoms with van der Waals surface area (Å²) in [6.07, 6.45) is 2.27. The first-order valence-electron chi connectivity index (χ1n) is 6.51. The average Bonchev–Trinajstić information content (AvgIpc) is 2.81. The molecule has 0 aromatic heterocycles. The Morgan fingerprint density at radius 3 is 2.94 bits per heavy atom. The molecule has 0 aliphatic carbocycles. The third kappa shape index (κ3) is 2.93. The molecule has 0 radical (unpaired) electrons. The highest BCUT2D eigenvalue weighted by Crippen LogP contribution is 2.27. The summed E-state index contributed by atoms with van der Waals surface area (Å²) in [5, 5.41) is 0.690. The molecule has 0 amide bonds. The molecule has 98 valence electrons. The summed E-state index contributed by atoms with van der Waals surface area (Å²) in [6, 6.07) is 5.86. The molecule has 1 saturated heterocycles. The maximum absolute atomic E-state index is 12.3. The highest BCUT2D eigenvalue weighted by atomic mass is 35.5. The number of Topliss-reactive ketones (excluding diaryl/α,β-unsaturated/α-hetero) is 1. The van der Waals surface area contributed by atoms with E-state index in [2.05, 4.69) is 6.92 Å². The molecule has 0 spiro atoms. The maximum atomic E-state index is 12.3. The van der Waals surface area contributed by atoms with Crippen LogP contribution in [0.1, 0.15) is 30.9 Å². The van der Waals surface area contributed by atoms with Crippen LogP contribution in [0.25, 0.3) is 0 Å². The van der Waals surface area contributed by atoms with E-state index in [1.807, 2.05) is 25.1 Å². The Bertz CT molecular complexity index is 442. The van der Waals surface area contributed by atoms with Crippen LogP contribution in [0.5, 0.6) is 0 Å². The predicted molar refractivity (Wildman–Crippen MR) is 73.0 cm³/mol. The molecule has 18 heavy (non-hydrogen) atoms. The Balaban J connectivity index is 2.07. The SMILES string of the molecule is CCC1OCCC1C(=O)Cc1ccc(C)cc1Cl. The van der Waals surface area contributed by atoms with E-state index in [-0.39, 0.29) is 17.8 Å². The van der Waals surface area contributed by atoms with Gasteiger partial charge in [0, 0.05) is 24.0 Å². The molecule has 3 heteroatoms. The van der Waals surface area contributed by atoms with Crippen LogP contribution >= 0.6 is 11.6 Å². The van der Waals surface area contributed by atoms with Crippen molar-refractivity contribution in [2.24, 2.45) is 5.92 Å². The highest BCUT2D eigenvalue weighted by molar-refractivity contribution is 6.31. The van der Waals surface area contributed by atoms with Crippen LogP contribution in [0.15, 0.2) is 18.2 Å². The van der Waals surface area contributed by atoms with Gasteiger partial charge in [-0.05, 0) is 37.0 Å². The van der Waals surface area contributed by atoms with Crippen LogP contribution in [-0.4, -0.2) is 18.5 Å². The molecule has 0 bridgehead atoms. The van der Waals surface area contributed by atoms with E-state index >= 15 is 0 Å². The van der Waals surface area contributed by atoms with Crippen molar-refractivity contribution < 1.29 is 9.53 Å². The molecular weight excluding hydrogens is 248 g/mol. The minimum atomic E-state index is 0.0485. The number of ether oxygens (including phenoxy) is 1. The van der Waals surface area contributed by atoms with Crippen LogP contribution < -0.4 is 0 Å². The quantitative estimate of drug-likeness (QED) is 0.833. The molecule has 1 aliphatic heterocycles. The van der Waals surface area contributed by atoms with Gasteiger partial charge in [-0.3, -0.25) is 4.79 Å². The molecule has 1 aromatic carbocycles. The molecule has 0 N–H and O–H groups in total. The van der Waals surface area contributed by atoms with Crippen molar-refractivity contribution in [2.75, 3.05) is 6.61 Å². The summed E-state index contributed by atoms with van der Waals surface area (Å²) in [5.41, 5.74) is 2.04. The fraction of sp³-hybridized carbons (Fsp3) is 0.533. The monoisotopic (exact) mass is 266 g/mol. The van der Waals surface area contributed by atoms with E-state index in [1.165, 1.54) is 0 Å². The Morgan fingerprint density at radius 1 is 1.50 bits per heavy atom. The van der Waals surface area contributed by atoms with E-state index in [9.17, 15) is 4.79 Å². The zero-order chi connectivity index (χ0) is 13.1. The third-order valence-corrected chi connectivity index (χ3v) is 3.95. The van der Waals surface area contributed by atoms with Crippen molar-refractivity contribution in [2.45, 2.75) is 39.2 Å². The molecule has 0 saturated carbocycles. The Kier molecular flexibility index (Phi) is 4.41. The van der Waals surface area contributed by atoms with Crippen molar-refractivity contribution in [1.29, 1.82) is 0 Å². The Labute approximate surface area is 113 Å². The van der Waals surface area contributed by atoms with Gasteiger partial charge in [0.15, 0.2) is 0 Å². The van der Waals surface area contributed by atoms with Gasteiger partial charge in [0.2, 0.25) is 0 Å². The summed E-state index contributed by atoms with van der Waals surface area (Å²) in [6.45, 7) is 4.76. The van der Waals surface area contributed by atoms with Crippen LogP contribution in [0.2, 0.25) is 5.02 Å². The lowest BCUT2D eigenvalue weighted by molar-refractivity contribution is -0.123. The highest BCUT2D eigenvalue weighted by Gasteiger charge is 2.32. The van der Waals surface area contributed by atoms with Gasteiger partial charge in [0.1, 0.15) is 5.78 Å². The summed E-state index contributed by atoms with van der Waals surface area (Å²) in [4.78, 5) is 12.3. The Hall–Kier alpha value is -0.860. The molecule has 2 atom stereocenters. The summed E-state index contributed by atoms with van der Waals surface area (Å²) >= 11 is 6.17. The lowest BCUT2D eigenvalue weighted by atomic mass is 9.91. The first-order valence-corrected chi connectivity index (χ1v) is 6.89. The molecule has 1 heterocycles. The van der Waals surface area contributed by atoms with Gasteiger partial charge in [-0.2, -0.15) is 0 Å². The van der Waals surface area contributed by atoms with E-state index in [0.717, 1.165) is 24.0 Å².